The van der Waals surface area contributed by atoms with Crippen LogP contribution in [0.5, 0.6) is 0 Å². The molecule has 1 aliphatic rings. The molecule has 0 amide bonds. The zero-order valence-electron chi connectivity index (χ0n) is 10.9. The molecule has 0 aliphatic carbocycles. The number of anilines is 1. The monoisotopic (exact) mass is 233 g/mol. The van der Waals surface area contributed by atoms with Crippen LogP contribution in [-0.4, -0.2) is 36.0 Å². The van der Waals surface area contributed by atoms with Crippen molar-refractivity contribution in [3.8, 4) is 0 Å². The molecule has 0 bridgehead atoms. The van der Waals surface area contributed by atoms with Crippen molar-refractivity contribution in [2.24, 2.45) is 0 Å². The minimum atomic E-state index is 0.952. The number of fused-ring (bicyclic) bond motifs is 1. The fourth-order valence-corrected chi connectivity index (χ4v) is 2.50. The Balaban J connectivity index is 1.90. The molecule has 0 aromatic heterocycles. The second-order valence-electron chi connectivity index (χ2n) is 4.72. The molecule has 0 atom stereocenters. The first-order chi connectivity index (χ1) is 8.24. The van der Waals surface area contributed by atoms with Gasteiger partial charge in [-0.15, -0.1) is 0 Å². The van der Waals surface area contributed by atoms with Gasteiger partial charge in [-0.3, -0.25) is 4.90 Å². The van der Waals surface area contributed by atoms with E-state index in [9.17, 15) is 0 Å². The molecule has 0 radical (unpaired) electrons. The summed E-state index contributed by atoms with van der Waals surface area (Å²) in [6.07, 6.45) is 0. The minimum Gasteiger partial charge on any atom is -0.398 e. The molecule has 3 heteroatoms. The Morgan fingerprint density at radius 3 is 2.65 bits per heavy atom. The maximum atomic E-state index is 6.01. The van der Waals surface area contributed by atoms with Crippen LogP contribution in [0.4, 0.5) is 5.69 Å². The van der Waals surface area contributed by atoms with Crippen molar-refractivity contribution < 1.29 is 0 Å². The van der Waals surface area contributed by atoms with Crippen molar-refractivity contribution >= 4 is 5.69 Å². The first kappa shape index (κ1) is 12.4. The van der Waals surface area contributed by atoms with Gasteiger partial charge in [0, 0.05) is 31.9 Å². The Bertz CT molecular complexity index is 372. The summed E-state index contributed by atoms with van der Waals surface area (Å²) in [5.41, 5.74) is 9.70. The average Bonchev–Trinajstić information content (AvgIpc) is 2.75. The van der Waals surface area contributed by atoms with Crippen LogP contribution < -0.4 is 5.73 Å². The van der Waals surface area contributed by atoms with Crippen LogP contribution in [0.25, 0.3) is 0 Å². The maximum absolute atomic E-state index is 6.01. The highest BCUT2D eigenvalue weighted by Gasteiger charge is 2.20. The molecule has 1 aliphatic heterocycles. The molecule has 1 aromatic carbocycles. The van der Waals surface area contributed by atoms with Gasteiger partial charge >= 0.3 is 0 Å². The Morgan fingerprint density at radius 2 is 2.00 bits per heavy atom. The summed E-state index contributed by atoms with van der Waals surface area (Å²) >= 11 is 0. The van der Waals surface area contributed by atoms with Gasteiger partial charge in [-0.2, -0.15) is 0 Å². The van der Waals surface area contributed by atoms with E-state index in [1.165, 1.54) is 11.1 Å². The summed E-state index contributed by atoms with van der Waals surface area (Å²) in [5.74, 6) is 0. The second kappa shape index (κ2) is 5.52. The van der Waals surface area contributed by atoms with Crippen molar-refractivity contribution in [2.75, 3.05) is 31.9 Å². The van der Waals surface area contributed by atoms with E-state index < -0.39 is 0 Å². The molecule has 2 N–H and O–H groups in total. The molecule has 2 rings (SSSR count). The summed E-state index contributed by atoms with van der Waals surface area (Å²) in [5, 5.41) is 0. The van der Waals surface area contributed by atoms with E-state index in [-0.39, 0.29) is 0 Å². The SMILES string of the molecule is CCN(CC)CCN1Cc2cccc(N)c2C1. The van der Waals surface area contributed by atoms with Gasteiger partial charge in [0.15, 0.2) is 0 Å². The summed E-state index contributed by atoms with van der Waals surface area (Å²) < 4.78 is 0. The molecule has 0 unspecified atom stereocenters. The van der Waals surface area contributed by atoms with Gasteiger partial charge in [-0.05, 0) is 30.3 Å². The summed E-state index contributed by atoms with van der Waals surface area (Å²) in [6, 6.07) is 6.26. The Labute approximate surface area is 104 Å². The number of nitrogens with two attached hydrogens (primary N) is 1. The number of nitrogen functional groups attached to an aromatic ring is 1. The standard InChI is InChI=1S/C14H23N3/c1-3-16(4-2)8-9-17-10-12-6-5-7-14(15)13(12)11-17/h5-7H,3-4,8-11,15H2,1-2H3. The zero-order valence-corrected chi connectivity index (χ0v) is 10.9. The lowest BCUT2D eigenvalue weighted by molar-refractivity contribution is 0.216. The minimum absolute atomic E-state index is 0.952. The molecule has 0 spiro atoms. The molecule has 0 saturated heterocycles. The third-order valence-corrected chi connectivity index (χ3v) is 3.71. The molecule has 94 valence electrons. The normalized spacial score (nSPS) is 15.5. The van der Waals surface area contributed by atoms with Crippen LogP contribution in [0.15, 0.2) is 18.2 Å². The number of rotatable bonds is 5. The highest BCUT2D eigenvalue weighted by atomic mass is 15.2. The van der Waals surface area contributed by atoms with Gasteiger partial charge in [0.1, 0.15) is 0 Å². The largest absolute Gasteiger partial charge is 0.398 e. The Morgan fingerprint density at radius 1 is 1.24 bits per heavy atom. The van der Waals surface area contributed by atoms with E-state index in [1.54, 1.807) is 0 Å². The van der Waals surface area contributed by atoms with Gasteiger partial charge in [0.2, 0.25) is 0 Å². The molecule has 1 aromatic rings. The molecular weight excluding hydrogens is 210 g/mol. The number of hydrogen-bond donors (Lipinski definition) is 1. The van der Waals surface area contributed by atoms with Gasteiger partial charge in [0.25, 0.3) is 0 Å². The third-order valence-electron chi connectivity index (χ3n) is 3.71. The van der Waals surface area contributed by atoms with Crippen LogP contribution >= 0.6 is 0 Å². The number of nitrogens with zero attached hydrogens (tertiary/aromatic N) is 2. The predicted octanol–water partition coefficient (Wildman–Crippen LogP) is 1.93. The number of hydrogen-bond acceptors (Lipinski definition) is 3. The van der Waals surface area contributed by atoms with Crippen LogP contribution in [0.1, 0.15) is 25.0 Å². The summed E-state index contributed by atoms with van der Waals surface area (Å²) in [7, 11) is 0. The highest BCUT2D eigenvalue weighted by Crippen LogP contribution is 2.26. The lowest BCUT2D eigenvalue weighted by Crippen LogP contribution is -2.32. The lowest BCUT2D eigenvalue weighted by Gasteiger charge is -2.22. The Kier molecular flexibility index (Phi) is 4.02. The zero-order chi connectivity index (χ0) is 12.3. The topological polar surface area (TPSA) is 32.5 Å². The first-order valence-electron chi connectivity index (χ1n) is 6.55. The third kappa shape index (κ3) is 2.79. The van der Waals surface area contributed by atoms with Crippen LogP contribution in [0.3, 0.4) is 0 Å². The summed E-state index contributed by atoms with van der Waals surface area (Å²) in [6.45, 7) is 11.1. The second-order valence-corrected chi connectivity index (χ2v) is 4.72. The van der Waals surface area contributed by atoms with Crippen LogP contribution in [-0.2, 0) is 13.1 Å². The average molecular weight is 233 g/mol. The van der Waals surface area contributed by atoms with Gasteiger partial charge < -0.3 is 10.6 Å². The van der Waals surface area contributed by atoms with E-state index in [0.717, 1.165) is 45.0 Å². The lowest BCUT2D eigenvalue weighted by atomic mass is 10.1. The van der Waals surface area contributed by atoms with E-state index in [4.69, 9.17) is 5.73 Å². The first-order valence-corrected chi connectivity index (χ1v) is 6.55. The van der Waals surface area contributed by atoms with E-state index in [1.807, 2.05) is 6.07 Å². The van der Waals surface area contributed by atoms with Crippen molar-refractivity contribution in [3.63, 3.8) is 0 Å². The smallest absolute Gasteiger partial charge is 0.0363 e. The molecule has 17 heavy (non-hydrogen) atoms. The van der Waals surface area contributed by atoms with E-state index in [2.05, 4.69) is 35.8 Å². The fraction of sp³-hybridized carbons (Fsp3) is 0.571. The molecule has 0 fully saturated rings. The molecular formula is C14H23N3. The van der Waals surface area contributed by atoms with E-state index >= 15 is 0 Å². The quantitative estimate of drug-likeness (QED) is 0.789. The van der Waals surface area contributed by atoms with Crippen molar-refractivity contribution in [2.45, 2.75) is 26.9 Å². The number of likely N-dealkylation sites (N-methyl/N-ethyl adjacent to an activating group) is 1. The van der Waals surface area contributed by atoms with E-state index in [0.29, 0.717) is 0 Å². The van der Waals surface area contributed by atoms with Crippen molar-refractivity contribution in [1.29, 1.82) is 0 Å². The van der Waals surface area contributed by atoms with Gasteiger partial charge in [-0.25, -0.2) is 0 Å². The van der Waals surface area contributed by atoms with Gasteiger partial charge in [0.05, 0.1) is 0 Å². The van der Waals surface area contributed by atoms with Crippen LogP contribution in [0.2, 0.25) is 0 Å². The number of benzene rings is 1. The van der Waals surface area contributed by atoms with Crippen LogP contribution in [0, 0.1) is 0 Å². The molecule has 1 heterocycles. The van der Waals surface area contributed by atoms with Gasteiger partial charge in [-0.1, -0.05) is 26.0 Å². The summed E-state index contributed by atoms with van der Waals surface area (Å²) in [4.78, 5) is 4.95. The highest BCUT2D eigenvalue weighted by molar-refractivity contribution is 5.52. The molecule has 0 saturated carbocycles. The predicted molar refractivity (Wildman–Crippen MR) is 72.8 cm³/mol. The van der Waals surface area contributed by atoms with Crippen molar-refractivity contribution in [3.05, 3.63) is 29.3 Å². The maximum Gasteiger partial charge on any atom is 0.0363 e. The van der Waals surface area contributed by atoms with Crippen molar-refractivity contribution in [1.82, 2.24) is 9.80 Å². The fourth-order valence-electron chi connectivity index (χ4n) is 2.50. The Hall–Kier alpha value is -1.06. The molecule has 3 nitrogen and oxygen atoms in total.